The van der Waals surface area contributed by atoms with E-state index in [1.807, 2.05) is 35.4 Å². The molecular weight excluding hydrogens is 384 g/mol. The van der Waals surface area contributed by atoms with Crippen molar-refractivity contribution < 1.29 is 5.11 Å². The molecule has 0 saturated carbocycles. The van der Waals surface area contributed by atoms with Crippen LogP contribution in [0.15, 0.2) is 67.3 Å². The normalized spacial score (nSPS) is 27.2. The number of aromatic nitrogens is 2. The summed E-state index contributed by atoms with van der Waals surface area (Å²) in [6, 6.07) is 17.3. The van der Waals surface area contributed by atoms with Crippen molar-refractivity contribution in [1.29, 1.82) is 0 Å². The van der Waals surface area contributed by atoms with E-state index in [1.165, 1.54) is 11.1 Å². The van der Waals surface area contributed by atoms with Gasteiger partial charge in [-0.05, 0) is 53.1 Å². The third-order valence-electron chi connectivity index (χ3n) is 7.60. The van der Waals surface area contributed by atoms with Crippen LogP contribution in [0.3, 0.4) is 0 Å². The van der Waals surface area contributed by atoms with Crippen LogP contribution in [-0.4, -0.2) is 56.7 Å². The van der Waals surface area contributed by atoms with Crippen LogP contribution < -0.4 is 0 Å². The van der Waals surface area contributed by atoms with Crippen LogP contribution in [0.1, 0.15) is 31.4 Å². The minimum Gasteiger partial charge on any atom is -0.508 e. The molecule has 31 heavy (non-hydrogen) atoms. The van der Waals surface area contributed by atoms with E-state index in [-0.39, 0.29) is 5.41 Å². The van der Waals surface area contributed by atoms with E-state index in [0.717, 1.165) is 44.8 Å². The lowest BCUT2D eigenvalue weighted by Gasteiger charge is -2.53. The summed E-state index contributed by atoms with van der Waals surface area (Å²) in [5.74, 6) is 0.936. The average Bonchev–Trinajstić information content (AvgIpc) is 3.30. The van der Waals surface area contributed by atoms with Gasteiger partial charge in [-0.25, -0.2) is 4.98 Å². The number of piperidine rings is 1. The van der Waals surface area contributed by atoms with Crippen LogP contribution in [0.5, 0.6) is 5.75 Å². The van der Waals surface area contributed by atoms with E-state index in [4.69, 9.17) is 0 Å². The predicted molar refractivity (Wildman–Crippen MR) is 123 cm³/mol. The fraction of sp³-hybridized carbons (Fsp3) is 0.423. The first kappa shape index (κ1) is 20.3. The fourth-order valence-corrected chi connectivity index (χ4v) is 5.49. The van der Waals surface area contributed by atoms with E-state index in [9.17, 15) is 5.11 Å². The molecule has 5 nitrogen and oxygen atoms in total. The highest BCUT2D eigenvalue weighted by molar-refractivity contribution is 5.35. The van der Waals surface area contributed by atoms with E-state index < -0.39 is 0 Å². The first-order valence-electron chi connectivity index (χ1n) is 11.3. The molecule has 0 bridgehead atoms. The zero-order valence-electron chi connectivity index (χ0n) is 18.5. The second-order valence-corrected chi connectivity index (χ2v) is 9.59. The minimum absolute atomic E-state index is 0.0926. The Morgan fingerprint density at radius 2 is 1.94 bits per heavy atom. The van der Waals surface area contributed by atoms with Crippen molar-refractivity contribution in [2.24, 2.45) is 5.92 Å². The number of piperazine rings is 1. The molecule has 162 valence electrons. The number of aromatic hydroxyl groups is 1. The quantitative estimate of drug-likeness (QED) is 0.697. The Bertz CT molecular complexity index is 1020. The maximum atomic E-state index is 10.0. The first-order valence-corrected chi connectivity index (χ1v) is 11.3. The third kappa shape index (κ3) is 4.00. The van der Waals surface area contributed by atoms with Crippen molar-refractivity contribution in [3.8, 4) is 11.4 Å². The Balaban J connectivity index is 1.28. The van der Waals surface area contributed by atoms with Gasteiger partial charge in [0.15, 0.2) is 0 Å². The van der Waals surface area contributed by atoms with Crippen molar-refractivity contribution in [1.82, 2.24) is 19.4 Å². The molecule has 2 aromatic carbocycles. The van der Waals surface area contributed by atoms with Crippen LogP contribution in [0, 0.1) is 5.92 Å². The molecule has 2 saturated heterocycles. The summed E-state index contributed by atoms with van der Waals surface area (Å²) in [6.07, 6.45) is 6.75. The molecule has 3 atom stereocenters. The average molecular weight is 417 g/mol. The second kappa shape index (κ2) is 8.13. The molecule has 1 N–H and O–H groups in total. The maximum Gasteiger partial charge on any atom is 0.115 e. The number of fused-ring (bicyclic) bond motifs is 1. The number of phenols is 1. The lowest BCUT2D eigenvalue weighted by atomic mass is 9.65. The smallest absolute Gasteiger partial charge is 0.115 e. The van der Waals surface area contributed by atoms with Crippen LogP contribution in [0.25, 0.3) is 5.69 Å². The van der Waals surface area contributed by atoms with E-state index >= 15 is 0 Å². The van der Waals surface area contributed by atoms with Gasteiger partial charge in [0.2, 0.25) is 0 Å². The van der Waals surface area contributed by atoms with E-state index in [0.29, 0.717) is 17.7 Å². The van der Waals surface area contributed by atoms with Crippen molar-refractivity contribution in [3.63, 3.8) is 0 Å². The van der Waals surface area contributed by atoms with Crippen LogP contribution >= 0.6 is 0 Å². The Labute approximate surface area is 185 Å². The summed E-state index contributed by atoms with van der Waals surface area (Å²) in [5, 5.41) is 10.0. The summed E-state index contributed by atoms with van der Waals surface area (Å²) in [6.45, 7) is 10.2. The number of nitrogens with zero attached hydrogens (tertiary/aromatic N) is 4. The molecule has 2 fully saturated rings. The zero-order chi connectivity index (χ0) is 21.4. The van der Waals surface area contributed by atoms with Crippen molar-refractivity contribution in [2.75, 3.05) is 26.2 Å². The van der Waals surface area contributed by atoms with Gasteiger partial charge in [0, 0.05) is 56.8 Å². The SMILES string of the molecule is CC1CN2CCN(Cc3ccc(-n4ccnc4)cc3)CC2C[C@@]1(C)c1cccc(O)c1. The zero-order valence-corrected chi connectivity index (χ0v) is 18.5. The van der Waals surface area contributed by atoms with Gasteiger partial charge in [-0.3, -0.25) is 9.80 Å². The van der Waals surface area contributed by atoms with Gasteiger partial charge in [-0.1, -0.05) is 38.1 Å². The predicted octanol–water partition coefficient (Wildman–Crippen LogP) is 4.06. The number of phenolic OH excluding ortho intramolecular Hbond substituents is 1. The van der Waals surface area contributed by atoms with E-state index in [2.05, 4.69) is 59.0 Å². The van der Waals surface area contributed by atoms with Gasteiger partial charge in [0.05, 0.1) is 6.33 Å². The Hall–Kier alpha value is -2.63. The third-order valence-corrected chi connectivity index (χ3v) is 7.60. The molecule has 0 aliphatic carbocycles. The number of hydrogen-bond donors (Lipinski definition) is 1. The standard InChI is InChI=1S/C26H32N4O/c1-20-16-29-13-12-28(17-21-6-8-23(9-7-21)30-11-10-27-19-30)18-24(29)15-26(20,2)22-4-3-5-25(31)14-22/h3-11,14,19-20,24,31H,12-13,15-18H2,1-2H3/t20?,24?,26-/m1/s1. The van der Waals surface area contributed by atoms with Gasteiger partial charge in [0.25, 0.3) is 0 Å². The van der Waals surface area contributed by atoms with Gasteiger partial charge in [-0.15, -0.1) is 0 Å². The molecule has 2 aliphatic rings. The number of imidazole rings is 1. The van der Waals surface area contributed by atoms with Crippen LogP contribution in [0.2, 0.25) is 0 Å². The molecule has 0 radical (unpaired) electrons. The lowest BCUT2D eigenvalue weighted by molar-refractivity contribution is -0.00557. The van der Waals surface area contributed by atoms with E-state index in [1.54, 1.807) is 6.07 Å². The highest BCUT2D eigenvalue weighted by atomic mass is 16.3. The second-order valence-electron chi connectivity index (χ2n) is 9.59. The number of hydrogen-bond acceptors (Lipinski definition) is 4. The van der Waals surface area contributed by atoms with Crippen LogP contribution in [0.4, 0.5) is 0 Å². The largest absolute Gasteiger partial charge is 0.508 e. The topological polar surface area (TPSA) is 44.5 Å². The molecule has 3 heterocycles. The van der Waals surface area contributed by atoms with Crippen molar-refractivity contribution in [2.45, 2.75) is 38.3 Å². The summed E-state index contributed by atoms with van der Waals surface area (Å²) in [7, 11) is 0. The van der Waals surface area contributed by atoms with Crippen molar-refractivity contribution in [3.05, 3.63) is 78.4 Å². The monoisotopic (exact) mass is 416 g/mol. The Morgan fingerprint density at radius 1 is 1.10 bits per heavy atom. The fourth-order valence-electron chi connectivity index (χ4n) is 5.49. The molecule has 1 aromatic heterocycles. The van der Waals surface area contributed by atoms with Gasteiger partial charge in [-0.2, -0.15) is 0 Å². The summed E-state index contributed by atoms with van der Waals surface area (Å²) >= 11 is 0. The molecule has 0 spiro atoms. The van der Waals surface area contributed by atoms with Gasteiger partial charge < -0.3 is 9.67 Å². The number of benzene rings is 2. The molecule has 5 rings (SSSR count). The first-order chi connectivity index (χ1) is 15.0. The molecule has 2 aliphatic heterocycles. The minimum atomic E-state index is 0.0926. The molecule has 3 aromatic rings. The molecule has 5 heteroatoms. The molecular formula is C26H32N4O. The Morgan fingerprint density at radius 3 is 2.68 bits per heavy atom. The highest BCUT2D eigenvalue weighted by Crippen LogP contribution is 2.43. The van der Waals surface area contributed by atoms with Crippen LogP contribution in [-0.2, 0) is 12.0 Å². The molecule has 2 unspecified atom stereocenters. The summed E-state index contributed by atoms with van der Waals surface area (Å²) in [5.41, 5.74) is 3.87. The van der Waals surface area contributed by atoms with Gasteiger partial charge in [0.1, 0.15) is 5.75 Å². The summed E-state index contributed by atoms with van der Waals surface area (Å²) < 4.78 is 2.04. The highest BCUT2D eigenvalue weighted by Gasteiger charge is 2.44. The van der Waals surface area contributed by atoms with Gasteiger partial charge >= 0.3 is 0 Å². The lowest BCUT2D eigenvalue weighted by Crippen LogP contribution is -2.60. The maximum absolute atomic E-state index is 10.0. The number of rotatable bonds is 4. The summed E-state index contributed by atoms with van der Waals surface area (Å²) in [4.78, 5) is 9.42. The molecule has 0 amide bonds. The van der Waals surface area contributed by atoms with Crippen molar-refractivity contribution >= 4 is 0 Å². The Kier molecular flexibility index (Phi) is 5.32.